The molecule has 0 saturated carbocycles. The van der Waals surface area contributed by atoms with Gasteiger partial charge in [-0.3, -0.25) is 14.5 Å². The number of nitrogens with one attached hydrogen (secondary N) is 1. The van der Waals surface area contributed by atoms with Gasteiger partial charge in [-0.05, 0) is 62.6 Å². The third kappa shape index (κ3) is 7.30. The first kappa shape index (κ1) is 26.6. The maximum absolute atomic E-state index is 12.6. The molecule has 0 aromatic heterocycles. The monoisotopic (exact) mass is 508 g/mol. The van der Waals surface area contributed by atoms with E-state index >= 15 is 0 Å². The molecule has 0 unspecified atom stereocenters. The van der Waals surface area contributed by atoms with Gasteiger partial charge >= 0.3 is 0 Å². The maximum Gasteiger partial charge on any atom is 0.243 e. The van der Waals surface area contributed by atoms with Gasteiger partial charge in [0.2, 0.25) is 11.8 Å². The van der Waals surface area contributed by atoms with Crippen LogP contribution in [0.25, 0.3) is 0 Å². The van der Waals surface area contributed by atoms with Crippen molar-refractivity contribution in [2.24, 2.45) is 5.10 Å². The maximum atomic E-state index is 12.6. The number of hydrazone groups is 1. The molecule has 198 valence electrons. The standard InChI is InChI=1S/C28H36N4O5/c1-19(2)37-26-16-21(6-10-25(26)36-3)24-9-11-28(35)32(30-24)17-20-4-7-22(8-5-20)29-27(34)18-31-14-12-23(33)13-15-31/h4-8,10,16,19,23,33H,9,11-15,17-18H2,1-3H3,(H,29,34). The van der Waals surface area contributed by atoms with Crippen LogP contribution in [0.2, 0.25) is 0 Å². The second kappa shape index (κ2) is 12.2. The van der Waals surface area contributed by atoms with Gasteiger partial charge in [0.05, 0.1) is 38.1 Å². The number of hydrogen-bond donors (Lipinski definition) is 2. The highest BCUT2D eigenvalue weighted by molar-refractivity contribution is 6.04. The molecule has 2 aliphatic rings. The number of benzene rings is 2. The predicted molar refractivity (Wildman–Crippen MR) is 142 cm³/mol. The molecule has 0 radical (unpaired) electrons. The first-order valence-corrected chi connectivity index (χ1v) is 12.8. The van der Waals surface area contributed by atoms with Crippen LogP contribution in [0.15, 0.2) is 47.6 Å². The third-order valence-corrected chi connectivity index (χ3v) is 6.46. The molecule has 2 aromatic rings. The summed E-state index contributed by atoms with van der Waals surface area (Å²) in [5.74, 6) is 1.20. The number of rotatable bonds is 9. The van der Waals surface area contributed by atoms with Crippen molar-refractivity contribution in [3.8, 4) is 11.5 Å². The van der Waals surface area contributed by atoms with Crippen LogP contribution in [0.5, 0.6) is 11.5 Å². The van der Waals surface area contributed by atoms with Crippen molar-refractivity contribution in [1.82, 2.24) is 9.91 Å². The summed E-state index contributed by atoms with van der Waals surface area (Å²) >= 11 is 0. The Hall–Kier alpha value is -3.43. The zero-order valence-electron chi connectivity index (χ0n) is 21.8. The number of amides is 2. The van der Waals surface area contributed by atoms with Crippen LogP contribution in [0, 0.1) is 0 Å². The van der Waals surface area contributed by atoms with Crippen molar-refractivity contribution >= 4 is 23.2 Å². The summed E-state index contributed by atoms with van der Waals surface area (Å²) in [7, 11) is 1.61. The van der Waals surface area contributed by atoms with Gasteiger partial charge in [-0.15, -0.1) is 0 Å². The number of hydrogen-bond acceptors (Lipinski definition) is 7. The van der Waals surface area contributed by atoms with Crippen molar-refractivity contribution in [1.29, 1.82) is 0 Å². The Kier molecular flexibility index (Phi) is 8.78. The van der Waals surface area contributed by atoms with Crippen molar-refractivity contribution in [2.45, 2.75) is 58.3 Å². The summed E-state index contributed by atoms with van der Waals surface area (Å²) in [6.07, 6.45) is 2.09. The largest absolute Gasteiger partial charge is 0.493 e. The van der Waals surface area contributed by atoms with E-state index in [-0.39, 0.29) is 24.0 Å². The van der Waals surface area contributed by atoms with E-state index in [2.05, 4.69) is 15.3 Å². The topological polar surface area (TPSA) is 104 Å². The molecule has 2 aromatic carbocycles. The highest BCUT2D eigenvalue weighted by Crippen LogP contribution is 2.30. The zero-order valence-corrected chi connectivity index (χ0v) is 21.8. The lowest BCUT2D eigenvalue weighted by Crippen LogP contribution is -2.40. The smallest absolute Gasteiger partial charge is 0.243 e. The van der Waals surface area contributed by atoms with E-state index in [9.17, 15) is 14.7 Å². The van der Waals surface area contributed by atoms with Crippen molar-refractivity contribution < 1.29 is 24.2 Å². The highest BCUT2D eigenvalue weighted by atomic mass is 16.5. The van der Waals surface area contributed by atoms with E-state index < -0.39 is 0 Å². The minimum absolute atomic E-state index is 0.00191. The van der Waals surface area contributed by atoms with Gasteiger partial charge in [-0.2, -0.15) is 5.10 Å². The fraction of sp³-hybridized carbons (Fsp3) is 0.464. The summed E-state index contributed by atoms with van der Waals surface area (Å²) < 4.78 is 11.3. The number of carbonyl (C=O) groups excluding carboxylic acids is 2. The second-order valence-electron chi connectivity index (χ2n) is 9.78. The lowest BCUT2D eigenvalue weighted by Gasteiger charge is -2.28. The Bertz CT molecular complexity index is 1120. The Balaban J connectivity index is 1.39. The van der Waals surface area contributed by atoms with Crippen LogP contribution in [0.3, 0.4) is 0 Å². The van der Waals surface area contributed by atoms with Crippen LogP contribution >= 0.6 is 0 Å². The number of piperidine rings is 1. The Morgan fingerprint density at radius 1 is 1.11 bits per heavy atom. The number of likely N-dealkylation sites (tertiary alicyclic amines) is 1. The quantitative estimate of drug-likeness (QED) is 0.538. The van der Waals surface area contributed by atoms with Crippen LogP contribution in [0.1, 0.15) is 50.7 Å². The molecule has 9 nitrogen and oxygen atoms in total. The average molecular weight is 509 g/mol. The number of anilines is 1. The predicted octanol–water partition coefficient (Wildman–Crippen LogP) is 3.40. The van der Waals surface area contributed by atoms with Gasteiger partial charge in [-0.25, -0.2) is 5.01 Å². The lowest BCUT2D eigenvalue weighted by atomic mass is 10.0. The van der Waals surface area contributed by atoms with E-state index in [1.165, 1.54) is 5.01 Å². The molecule has 1 fully saturated rings. The van der Waals surface area contributed by atoms with Gasteiger partial charge in [0.15, 0.2) is 11.5 Å². The summed E-state index contributed by atoms with van der Waals surface area (Å²) in [5.41, 5.74) is 3.34. The Morgan fingerprint density at radius 3 is 2.51 bits per heavy atom. The molecule has 0 atom stereocenters. The molecule has 0 aliphatic carbocycles. The van der Waals surface area contributed by atoms with Crippen molar-refractivity contribution in [3.63, 3.8) is 0 Å². The van der Waals surface area contributed by atoms with Crippen molar-refractivity contribution in [2.75, 3.05) is 32.1 Å². The fourth-order valence-corrected chi connectivity index (χ4v) is 4.48. The molecule has 0 spiro atoms. The van der Waals surface area contributed by atoms with E-state index in [1.54, 1.807) is 7.11 Å². The number of aliphatic hydroxyl groups is 1. The van der Waals surface area contributed by atoms with Crippen LogP contribution in [0.4, 0.5) is 5.69 Å². The molecular weight excluding hydrogens is 472 g/mol. The van der Waals surface area contributed by atoms with Gasteiger partial charge < -0.3 is 19.9 Å². The minimum atomic E-state index is -0.258. The number of ether oxygens (including phenoxy) is 2. The second-order valence-corrected chi connectivity index (χ2v) is 9.78. The Morgan fingerprint density at radius 2 is 1.84 bits per heavy atom. The third-order valence-electron chi connectivity index (χ3n) is 6.46. The first-order valence-electron chi connectivity index (χ1n) is 12.8. The SMILES string of the molecule is COc1ccc(C2=NN(Cc3ccc(NC(=O)CN4CCC(O)CC4)cc3)C(=O)CC2)cc1OC(C)C. The Labute approximate surface area is 218 Å². The number of methoxy groups -OCH3 is 1. The number of aliphatic hydroxyl groups excluding tert-OH is 1. The molecule has 2 N–H and O–H groups in total. The summed E-state index contributed by atoms with van der Waals surface area (Å²) in [6.45, 7) is 6.02. The minimum Gasteiger partial charge on any atom is -0.493 e. The van der Waals surface area contributed by atoms with Gasteiger partial charge in [0.25, 0.3) is 0 Å². The zero-order chi connectivity index (χ0) is 26.4. The van der Waals surface area contributed by atoms with Crippen LogP contribution in [-0.4, -0.2) is 71.5 Å². The number of nitrogens with zero attached hydrogens (tertiary/aromatic N) is 3. The summed E-state index contributed by atoms with van der Waals surface area (Å²) in [6, 6.07) is 13.2. The molecule has 4 rings (SSSR count). The highest BCUT2D eigenvalue weighted by Gasteiger charge is 2.23. The van der Waals surface area contributed by atoms with Gasteiger partial charge in [0.1, 0.15) is 0 Å². The first-order chi connectivity index (χ1) is 17.8. The van der Waals surface area contributed by atoms with Gasteiger partial charge in [-0.1, -0.05) is 12.1 Å². The molecule has 1 saturated heterocycles. The van der Waals surface area contributed by atoms with Crippen LogP contribution < -0.4 is 14.8 Å². The lowest BCUT2D eigenvalue weighted by molar-refractivity contribution is -0.132. The van der Waals surface area contributed by atoms with E-state index in [0.717, 1.165) is 29.9 Å². The summed E-state index contributed by atoms with van der Waals surface area (Å²) in [5, 5.41) is 18.7. The average Bonchev–Trinajstić information content (AvgIpc) is 2.87. The molecular formula is C28H36N4O5. The van der Waals surface area contributed by atoms with E-state index in [1.807, 2.05) is 56.3 Å². The molecule has 2 heterocycles. The molecule has 37 heavy (non-hydrogen) atoms. The molecule has 9 heteroatoms. The molecule has 2 amide bonds. The van der Waals surface area contributed by atoms with Gasteiger partial charge in [0, 0.05) is 37.2 Å². The molecule has 0 bridgehead atoms. The van der Waals surface area contributed by atoms with Crippen molar-refractivity contribution in [3.05, 3.63) is 53.6 Å². The summed E-state index contributed by atoms with van der Waals surface area (Å²) in [4.78, 5) is 27.1. The molecule has 2 aliphatic heterocycles. The van der Waals surface area contributed by atoms with E-state index in [4.69, 9.17) is 9.47 Å². The fourth-order valence-electron chi connectivity index (χ4n) is 4.48. The van der Waals surface area contributed by atoms with E-state index in [0.29, 0.717) is 56.0 Å². The number of carbonyl (C=O) groups is 2. The normalized spacial score (nSPS) is 17.1. The van der Waals surface area contributed by atoms with Crippen LogP contribution in [-0.2, 0) is 16.1 Å².